The van der Waals surface area contributed by atoms with Crippen molar-refractivity contribution in [2.75, 3.05) is 12.4 Å². The van der Waals surface area contributed by atoms with Gasteiger partial charge in [-0.1, -0.05) is 6.92 Å². The SMILES string of the molecule is CCC(C)Nc1ccc(OC)cn1. The molecule has 0 bridgehead atoms. The van der Waals surface area contributed by atoms with E-state index in [0.29, 0.717) is 6.04 Å². The fourth-order valence-electron chi connectivity index (χ4n) is 0.941. The topological polar surface area (TPSA) is 34.1 Å². The van der Waals surface area contributed by atoms with E-state index in [1.807, 2.05) is 12.1 Å². The van der Waals surface area contributed by atoms with Crippen LogP contribution >= 0.6 is 0 Å². The van der Waals surface area contributed by atoms with Crippen LogP contribution in [0.4, 0.5) is 5.82 Å². The average molecular weight is 180 g/mol. The van der Waals surface area contributed by atoms with Crippen molar-refractivity contribution < 1.29 is 4.74 Å². The van der Waals surface area contributed by atoms with Gasteiger partial charge in [0.05, 0.1) is 13.3 Å². The third kappa shape index (κ3) is 2.93. The molecule has 1 unspecified atom stereocenters. The fourth-order valence-corrected chi connectivity index (χ4v) is 0.941. The van der Waals surface area contributed by atoms with Crippen LogP contribution in [0, 0.1) is 0 Å². The predicted octanol–water partition coefficient (Wildman–Crippen LogP) is 2.30. The van der Waals surface area contributed by atoms with Crippen molar-refractivity contribution in [3.05, 3.63) is 18.3 Å². The van der Waals surface area contributed by atoms with Gasteiger partial charge in [-0.3, -0.25) is 0 Å². The summed E-state index contributed by atoms with van der Waals surface area (Å²) in [5.41, 5.74) is 0. The van der Waals surface area contributed by atoms with Crippen LogP contribution in [0.5, 0.6) is 5.75 Å². The normalized spacial score (nSPS) is 12.2. The highest BCUT2D eigenvalue weighted by atomic mass is 16.5. The van der Waals surface area contributed by atoms with Crippen LogP contribution in [0.15, 0.2) is 18.3 Å². The quantitative estimate of drug-likeness (QED) is 0.772. The first-order chi connectivity index (χ1) is 6.26. The Morgan fingerprint density at radius 2 is 2.31 bits per heavy atom. The average Bonchev–Trinajstić information content (AvgIpc) is 2.19. The monoisotopic (exact) mass is 180 g/mol. The predicted molar refractivity (Wildman–Crippen MR) is 54.2 cm³/mol. The molecule has 1 aromatic heterocycles. The number of rotatable bonds is 4. The van der Waals surface area contributed by atoms with Gasteiger partial charge in [-0.25, -0.2) is 4.98 Å². The number of aromatic nitrogens is 1. The molecule has 3 heteroatoms. The van der Waals surface area contributed by atoms with Gasteiger partial charge in [0.25, 0.3) is 0 Å². The van der Waals surface area contributed by atoms with Gasteiger partial charge >= 0.3 is 0 Å². The van der Waals surface area contributed by atoms with Crippen molar-refractivity contribution in [2.24, 2.45) is 0 Å². The van der Waals surface area contributed by atoms with Crippen molar-refractivity contribution in [3.8, 4) is 5.75 Å². The zero-order chi connectivity index (χ0) is 9.68. The van der Waals surface area contributed by atoms with Gasteiger partial charge in [-0.15, -0.1) is 0 Å². The maximum absolute atomic E-state index is 5.01. The summed E-state index contributed by atoms with van der Waals surface area (Å²) in [5.74, 6) is 1.69. The third-order valence-corrected chi connectivity index (χ3v) is 1.98. The van der Waals surface area contributed by atoms with E-state index in [1.165, 1.54) is 0 Å². The molecule has 0 aromatic carbocycles. The Morgan fingerprint density at radius 3 is 2.77 bits per heavy atom. The number of ether oxygens (including phenoxy) is 1. The second-order valence-electron chi connectivity index (χ2n) is 3.04. The fraction of sp³-hybridized carbons (Fsp3) is 0.500. The summed E-state index contributed by atoms with van der Waals surface area (Å²) in [6.45, 7) is 4.27. The number of hydrogen-bond donors (Lipinski definition) is 1. The Kier molecular flexibility index (Phi) is 3.55. The van der Waals surface area contributed by atoms with Gasteiger partial charge in [-0.05, 0) is 25.5 Å². The van der Waals surface area contributed by atoms with Gasteiger partial charge in [0, 0.05) is 6.04 Å². The molecule has 0 aliphatic rings. The largest absolute Gasteiger partial charge is 0.495 e. The maximum Gasteiger partial charge on any atom is 0.137 e. The van der Waals surface area contributed by atoms with Crippen LogP contribution in [0.3, 0.4) is 0 Å². The molecule has 1 heterocycles. The second-order valence-corrected chi connectivity index (χ2v) is 3.04. The van der Waals surface area contributed by atoms with Crippen LogP contribution in [-0.4, -0.2) is 18.1 Å². The first kappa shape index (κ1) is 9.84. The minimum absolute atomic E-state index is 0.459. The Labute approximate surface area is 79.1 Å². The Bertz CT molecular complexity index is 246. The summed E-state index contributed by atoms with van der Waals surface area (Å²) in [4.78, 5) is 4.20. The van der Waals surface area contributed by atoms with Crippen LogP contribution < -0.4 is 10.1 Å². The van der Waals surface area contributed by atoms with Gasteiger partial charge in [0.1, 0.15) is 11.6 Å². The van der Waals surface area contributed by atoms with E-state index < -0.39 is 0 Å². The number of nitrogens with zero attached hydrogens (tertiary/aromatic N) is 1. The van der Waals surface area contributed by atoms with E-state index in [9.17, 15) is 0 Å². The van der Waals surface area contributed by atoms with Crippen molar-refractivity contribution in [1.82, 2.24) is 4.98 Å². The molecule has 0 amide bonds. The van der Waals surface area contributed by atoms with Crippen LogP contribution in [0.1, 0.15) is 20.3 Å². The smallest absolute Gasteiger partial charge is 0.137 e. The zero-order valence-corrected chi connectivity index (χ0v) is 8.37. The summed E-state index contributed by atoms with van der Waals surface area (Å²) in [5, 5.41) is 3.28. The number of nitrogens with one attached hydrogen (secondary N) is 1. The first-order valence-corrected chi connectivity index (χ1v) is 4.52. The van der Waals surface area contributed by atoms with E-state index in [1.54, 1.807) is 13.3 Å². The molecule has 1 atom stereocenters. The van der Waals surface area contributed by atoms with Crippen LogP contribution in [-0.2, 0) is 0 Å². The summed E-state index contributed by atoms with van der Waals surface area (Å²) >= 11 is 0. The maximum atomic E-state index is 5.01. The molecule has 72 valence electrons. The van der Waals surface area contributed by atoms with Crippen molar-refractivity contribution in [3.63, 3.8) is 0 Å². The summed E-state index contributed by atoms with van der Waals surface area (Å²) in [7, 11) is 1.64. The van der Waals surface area contributed by atoms with Crippen LogP contribution in [0.25, 0.3) is 0 Å². The zero-order valence-electron chi connectivity index (χ0n) is 8.37. The van der Waals surface area contributed by atoms with Crippen LogP contribution in [0.2, 0.25) is 0 Å². The lowest BCUT2D eigenvalue weighted by Crippen LogP contribution is -2.14. The lowest BCUT2D eigenvalue weighted by Gasteiger charge is -2.11. The van der Waals surface area contributed by atoms with Crippen molar-refractivity contribution in [1.29, 1.82) is 0 Å². The Morgan fingerprint density at radius 1 is 1.54 bits per heavy atom. The molecular weight excluding hydrogens is 164 g/mol. The number of anilines is 1. The highest BCUT2D eigenvalue weighted by Gasteiger charge is 1.99. The molecule has 3 nitrogen and oxygen atoms in total. The van der Waals surface area contributed by atoms with Gasteiger partial charge in [-0.2, -0.15) is 0 Å². The Balaban J connectivity index is 2.58. The highest BCUT2D eigenvalue weighted by Crippen LogP contribution is 2.12. The minimum Gasteiger partial charge on any atom is -0.495 e. The van der Waals surface area contributed by atoms with E-state index in [4.69, 9.17) is 4.74 Å². The van der Waals surface area contributed by atoms with Crippen molar-refractivity contribution >= 4 is 5.82 Å². The molecule has 1 rings (SSSR count). The highest BCUT2D eigenvalue weighted by molar-refractivity contribution is 5.38. The Hall–Kier alpha value is -1.25. The lowest BCUT2D eigenvalue weighted by atomic mass is 10.2. The summed E-state index contributed by atoms with van der Waals surface area (Å²) in [6, 6.07) is 4.28. The number of hydrogen-bond acceptors (Lipinski definition) is 3. The van der Waals surface area contributed by atoms with E-state index in [0.717, 1.165) is 18.0 Å². The second kappa shape index (κ2) is 4.70. The van der Waals surface area contributed by atoms with Crippen molar-refractivity contribution in [2.45, 2.75) is 26.3 Å². The summed E-state index contributed by atoms with van der Waals surface area (Å²) < 4.78 is 5.01. The molecule has 0 radical (unpaired) electrons. The molecule has 1 N–H and O–H groups in total. The van der Waals surface area contributed by atoms with Gasteiger partial charge in [0.15, 0.2) is 0 Å². The summed E-state index contributed by atoms with van der Waals surface area (Å²) in [6.07, 6.45) is 2.80. The van der Waals surface area contributed by atoms with Gasteiger partial charge in [0.2, 0.25) is 0 Å². The first-order valence-electron chi connectivity index (χ1n) is 4.52. The third-order valence-electron chi connectivity index (χ3n) is 1.98. The molecule has 0 saturated carbocycles. The molecular formula is C10H16N2O. The number of pyridine rings is 1. The molecule has 1 aromatic rings. The minimum atomic E-state index is 0.459. The number of methoxy groups -OCH3 is 1. The lowest BCUT2D eigenvalue weighted by molar-refractivity contribution is 0.413. The molecule has 13 heavy (non-hydrogen) atoms. The molecule has 0 spiro atoms. The standard InChI is InChI=1S/C10H16N2O/c1-4-8(2)12-10-6-5-9(13-3)7-11-10/h5-8H,4H2,1-3H3,(H,11,12). The van der Waals surface area contributed by atoms with E-state index >= 15 is 0 Å². The van der Waals surface area contributed by atoms with E-state index in [2.05, 4.69) is 24.1 Å². The van der Waals surface area contributed by atoms with Gasteiger partial charge < -0.3 is 10.1 Å². The molecule has 0 aliphatic heterocycles. The molecule has 0 fully saturated rings. The molecule has 0 aliphatic carbocycles. The molecule has 0 saturated heterocycles. The van der Waals surface area contributed by atoms with E-state index in [-0.39, 0.29) is 0 Å².